The molecule has 0 fully saturated rings. The summed E-state index contributed by atoms with van der Waals surface area (Å²) in [4.78, 5) is 11.3. The maximum atomic E-state index is 13.0. The number of fused-ring (bicyclic) bond motifs is 1. The summed E-state index contributed by atoms with van der Waals surface area (Å²) in [6.07, 6.45) is 0. The van der Waals surface area contributed by atoms with E-state index in [2.05, 4.69) is 26.6 Å². The first-order valence-electron chi connectivity index (χ1n) is 4.14. The minimum absolute atomic E-state index is 0.157. The van der Waals surface area contributed by atoms with Crippen LogP contribution in [0, 0.1) is 5.82 Å². The standard InChI is InChI=1S/C9H8BrFN2O/c1-4-9(14)13-7-3-5(11)2-6(10)8(7)12-4/h2-4,12H,1H3,(H,13,14). The van der Waals surface area contributed by atoms with Crippen molar-refractivity contribution in [2.45, 2.75) is 13.0 Å². The molecule has 0 spiro atoms. The Morgan fingerprint density at radius 3 is 2.93 bits per heavy atom. The van der Waals surface area contributed by atoms with Crippen molar-refractivity contribution in [1.29, 1.82) is 0 Å². The molecule has 1 aliphatic rings. The Morgan fingerprint density at radius 2 is 2.21 bits per heavy atom. The fourth-order valence-electron chi connectivity index (χ4n) is 1.34. The summed E-state index contributed by atoms with van der Waals surface area (Å²) in [7, 11) is 0. The zero-order valence-corrected chi connectivity index (χ0v) is 8.98. The van der Waals surface area contributed by atoms with Crippen molar-refractivity contribution >= 4 is 33.2 Å². The quantitative estimate of drug-likeness (QED) is 0.750. The first kappa shape index (κ1) is 9.45. The Hall–Kier alpha value is -1.10. The van der Waals surface area contributed by atoms with E-state index < -0.39 is 0 Å². The van der Waals surface area contributed by atoms with E-state index in [-0.39, 0.29) is 17.8 Å². The van der Waals surface area contributed by atoms with Crippen LogP contribution >= 0.6 is 15.9 Å². The third-order valence-electron chi connectivity index (χ3n) is 2.07. The Kier molecular flexibility index (Phi) is 2.19. The van der Waals surface area contributed by atoms with Gasteiger partial charge in [0.2, 0.25) is 5.91 Å². The Balaban J connectivity index is 2.51. The molecule has 1 aromatic rings. The lowest BCUT2D eigenvalue weighted by Crippen LogP contribution is -2.36. The molecule has 74 valence electrons. The molecule has 1 aliphatic heterocycles. The minimum atomic E-state index is -0.382. The number of amides is 1. The van der Waals surface area contributed by atoms with Crippen molar-refractivity contribution < 1.29 is 9.18 Å². The molecule has 0 saturated heterocycles. The molecule has 0 saturated carbocycles. The van der Waals surface area contributed by atoms with E-state index in [4.69, 9.17) is 0 Å². The highest BCUT2D eigenvalue weighted by molar-refractivity contribution is 9.10. The molecule has 0 radical (unpaired) electrons. The average molecular weight is 259 g/mol. The summed E-state index contributed by atoms with van der Waals surface area (Å²) in [6.45, 7) is 1.74. The normalized spacial score (nSPS) is 19.6. The highest BCUT2D eigenvalue weighted by atomic mass is 79.9. The van der Waals surface area contributed by atoms with Crippen LogP contribution < -0.4 is 10.6 Å². The first-order chi connectivity index (χ1) is 6.58. The van der Waals surface area contributed by atoms with Gasteiger partial charge in [0.15, 0.2) is 0 Å². The highest BCUT2D eigenvalue weighted by Gasteiger charge is 2.23. The largest absolute Gasteiger partial charge is 0.371 e. The minimum Gasteiger partial charge on any atom is -0.371 e. The predicted molar refractivity (Wildman–Crippen MR) is 55.8 cm³/mol. The Bertz CT molecular complexity index is 408. The van der Waals surface area contributed by atoms with Crippen LogP contribution in [0.1, 0.15) is 6.92 Å². The van der Waals surface area contributed by atoms with Gasteiger partial charge in [0.25, 0.3) is 0 Å². The molecule has 14 heavy (non-hydrogen) atoms. The summed E-state index contributed by atoms with van der Waals surface area (Å²) in [5, 5.41) is 5.60. The van der Waals surface area contributed by atoms with Gasteiger partial charge in [-0.15, -0.1) is 0 Å². The Labute approximate surface area is 88.8 Å². The van der Waals surface area contributed by atoms with E-state index in [9.17, 15) is 9.18 Å². The van der Waals surface area contributed by atoms with Gasteiger partial charge in [-0.05, 0) is 35.0 Å². The van der Waals surface area contributed by atoms with Crippen LogP contribution in [0.5, 0.6) is 0 Å². The van der Waals surface area contributed by atoms with E-state index in [1.165, 1.54) is 12.1 Å². The second kappa shape index (κ2) is 3.24. The second-order valence-electron chi connectivity index (χ2n) is 3.17. The van der Waals surface area contributed by atoms with E-state index in [0.29, 0.717) is 10.2 Å². The molecule has 3 nitrogen and oxygen atoms in total. The summed E-state index contributed by atoms with van der Waals surface area (Å²) in [5.41, 5.74) is 1.19. The molecule has 1 atom stereocenters. The first-order valence-corrected chi connectivity index (χ1v) is 4.93. The molecular weight excluding hydrogens is 251 g/mol. The van der Waals surface area contributed by atoms with Crippen molar-refractivity contribution in [1.82, 2.24) is 0 Å². The van der Waals surface area contributed by atoms with Gasteiger partial charge in [-0.1, -0.05) is 0 Å². The second-order valence-corrected chi connectivity index (χ2v) is 4.02. The van der Waals surface area contributed by atoms with Crippen LogP contribution in [0.3, 0.4) is 0 Å². The molecule has 0 aliphatic carbocycles. The molecule has 0 bridgehead atoms. The molecule has 1 amide bonds. The van der Waals surface area contributed by atoms with Crippen molar-refractivity contribution in [2.75, 3.05) is 10.6 Å². The van der Waals surface area contributed by atoms with Crippen molar-refractivity contribution in [3.8, 4) is 0 Å². The topological polar surface area (TPSA) is 41.1 Å². The predicted octanol–water partition coefficient (Wildman–Crippen LogP) is 2.34. The zero-order valence-electron chi connectivity index (χ0n) is 7.40. The van der Waals surface area contributed by atoms with Gasteiger partial charge in [-0.3, -0.25) is 4.79 Å². The summed E-state index contributed by atoms with van der Waals surface area (Å²) in [5.74, 6) is -0.540. The number of benzene rings is 1. The number of anilines is 2. The average Bonchev–Trinajstić information content (AvgIpc) is 2.08. The lowest BCUT2D eigenvalue weighted by molar-refractivity contribution is -0.116. The Morgan fingerprint density at radius 1 is 1.50 bits per heavy atom. The number of hydrogen-bond donors (Lipinski definition) is 2. The van der Waals surface area contributed by atoms with Gasteiger partial charge in [-0.2, -0.15) is 0 Å². The number of halogens is 2. The number of nitrogens with one attached hydrogen (secondary N) is 2. The monoisotopic (exact) mass is 258 g/mol. The van der Waals surface area contributed by atoms with Crippen LogP contribution in [0.4, 0.5) is 15.8 Å². The number of carbonyl (C=O) groups excluding carboxylic acids is 1. The maximum Gasteiger partial charge on any atom is 0.246 e. The molecule has 1 unspecified atom stereocenters. The van der Waals surface area contributed by atoms with E-state index >= 15 is 0 Å². The molecule has 2 N–H and O–H groups in total. The third kappa shape index (κ3) is 1.48. The fourth-order valence-corrected chi connectivity index (χ4v) is 1.89. The van der Waals surface area contributed by atoms with Crippen molar-refractivity contribution in [3.05, 3.63) is 22.4 Å². The molecule has 2 rings (SSSR count). The van der Waals surface area contributed by atoms with Crippen molar-refractivity contribution in [3.63, 3.8) is 0 Å². The smallest absolute Gasteiger partial charge is 0.246 e. The maximum absolute atomic E-state index is 13.0. The highest BCUT2D eigenvalue weighted by Crippen LogP contribution is 2.34. The van der Waals surface area contributed by atoms with Gasteiger partial charge in [0, 0.05) is 4.47 Å². The van der Waals surface area contributed by atoms with Gasteiger partial charge >= 0.3 is 0 Å². The molecule has 0 aromatic heterocycles. The van der Waals surface area contributed by atoms with Gasteiger partial charge in [0.05, 0.1) is 11.4 Å². The van der Waals surface area contributed by atoms with E-state index in [1.54, 1.807) is 6.92 Å². The van der Waals surface area contributed by atoms with Crippen LogP contribution in [-0.2, 0) is 4.79 Å². The summed E-state index contributed by atoms with van der Waals surface area (Å²) in [6, 6.07) is 2.34. The number of carbonyl (C=O) groups is 1. The van der Waals surface area contributed by atoms with E-state index in [1.807, 2.05) is 0 Å². The molecule has 1 heterocycles. The summed E-state index contributed by atoms with van der Waals surface area (Å²) < 4.78 is 13.6. The van der Waals surface area contributed by atoms with Crippen LogP contribution in [-0.4, -0.2) is 11.9 Å². The number of hydrogen-bond acceptors (Lipinski definition) is 2. The molecule has 5 heteroatoms. The third-order valence-corrected chi connectivity index (χ3v) is 2.69. The van der Waals surface area contributed by atoms with Crippen LogP contribution in [0.15, 0.2) is 16.6 Å². The van der Waals surface area contributed by atoms with E-state index in [0.717, 1.165) is 5.69 Å². The zero-order chi connectivity index (χ0) is 10.3. The molecule has 1 aromatic carbocycles. The molecular formula is C9H8BrFN2O. The van der Waals surface area contributed by atoms with Gasteiger partial charge in [0.1, 0.15) is 11.9 Å². The SMILES string of the molecule is CC1Nc2c(Br)cc(F)cc2NC1=O. The lowest BCUT2D eigenvalue weighted by atomic mass is 10.1. The van der Waals surface area contributed by atoms with Crippen molar-refractivity contribution in [2.24, 2.45) is 0 Å². The number of rotatable bonds is 0. The summed E-state index contributed by atoms with van der Waals surface area (Å²) >= 11 is 3.23. The van der Waals surface area contributed by atoms with Crippen LogP contribution in [0.2, 0.25) is 0 Å². The lowest BCUT2D eigenvalue weighted by Gasteiger charge is -2.25. The van der Waals surface area contributed by atoms with Crippen LogP contribution in [0.25, 0.3) is 0 Å². The van der Waals surface area contributed by atoms with Gasteiger partial charge in [-0.25, -0.2) is 4.39 Å². The van der Waals surface area contributed by atoms with Gasteiger partial charge < -0.3 is 10.6 Å². The fraction of sp³-hybridized carbons (Fsp3) is 0.222.